The van der Waals surface area contributed by atoms with Crippen molar-refractivity contribution in [1.82, 2.24) is 0 Å². The molecule has 0 radical (unpaired) electrons. The lowest BCUT2D eigenvalue weighted by atomic mass is 10.0. The number of para-hydroxylation sites is 1. The summed E-state index contributed by atoms with van der Waals surface area (Å²) in [6.45, 7) is 5.28. The smallest absolute Gasteiger partial charge is 0.122 e. The minimum atomic E-state index is 0.526. The fourth-order valence-corrected chi connectivity index (χ4v) is 2.59. The van der Waals surface area contributed by atoms with Gasteiger partial charge >= 0.3 is 0 Å². The molecule has 114 valence electrons. The maximum absolute atomic E-state index is 5.93. The lowest BCUT2D eigenvalue weighted by molar-refractivity contribution is 0.300. The SMILES string of the molecule is CC(C)c1ccccc1OCCCCCCCCCS. The van der Waals surface area contributed by atoms with Crippen LogP contribution in [0.25, 0.3) is 0 Å². The molecule has 0 amide bonds. The molecular formula is C18H30OS. The first kappa shape index (κ1) is 17.4. The van der Waals surface area contributed by atoms with Gasteiger partial charge in [-0.1, -0.05) is 64.2 Å². The minimum Gasteiger partial charge on any atom is -0.493 e. The summed E-state index contributed by atoms with van der Waals surface area (Å²) in [5.41, 5.74) is 1.32. The Morgan fingerprint density at radius 3 is 2.15 bits per heavy atom. The summed E-state index contributed by atoms with van der Waals surface area (Å²) in [5.74, 6) is 2.62. The van der Waals surface area contributed by atoms with Gasteiger partial charge < -0.3 is 4.74 Å². The first-order valence-electron chi connectivity index (χ1n) is 8.08. The highest BCUT2D eigenvalue weighted by Gasteiger charge is 2.06. The van der Waals surface area contributed by atoms with Gasteiger partial charge in [-0.05, 0) is 36.1 Å². The fraction of sp³-hybridized carbons (Fsp3) is 0.667. The fourth-order valence-electron chi connectivity index (χ4n) is 2.37. The molecule has 0 fully saturated rings. The molecule has 0 unspecified atom stereocenters. The number of rotatable bonds is 11. The van der Waals surface area contributed by atoms with Gasteiger partial charge in [-0.3, -0.25) is 0 Å². The first-order chi connectivity index (χ1) is 9.75. The minimum absolute atomic E-state index is 0.526. The summed E-state index contributed by atoms with van der Waals surface area (Å²) >= 11 is 4.23. The van der Waals surface area contributed by atoms with Crippen molar-refractivity contribution >= 4 is 12.6 Å². The molecule has 0 N–H and O–H groups in total. The van der Waals surface area contributed by atoms with Gasteiger partial charge in [-0.15, -0.1) is 0 Å². The summed E-state index contributed by atoms with van der Waals surface area (Å²) in [6.07, 6.45) is 9.10. The second-order valence-corrected chi connectivity index (χ2v) is 6.19. The molecule has 0 aliphatic heterocycles. The summed E-state index contributed by atoms with van der Waals surface area (Å²) in [5, 5.41) is 0. The van der Waals surface area contributed by atoms with Gasteiger partial charge in [0.05, 0.1) is 6.61 Å². The van der Waals surface area contributed by atoms with E-state index < -0.39 is 0 Å². The van der Waals surface area contributed by atoms with Gasteiger partial charge in [-0.2, -0.15) is 12.6 Å². The van der Waals surface area contributed by atoms with Gasteiger partial charge in [0.1, 0.15) is 5.75 Å². The average Bonchev–Trinajstić information content (AvgIpc) is 2.46. The van der Waals surface area contributed by atoms with Gasteiger partial charge in [0.15, 0.2) is 0 Å². The van der Waals surface area contributed by atoms with Crippen LogP contribution in [-0.2, 0) is 0 Å². The normalized spacial score (nSPS) is 11.0. The molecule has 0 aliphatic carbocycles. The Balaban J connectivity index is 2.10. The molecular weight excluding hydrogens is 264 g/mol. The molecule has 0 aliphatic rings. The van der Waals surface area contributed by atoms with Crippen molar-refractivity contribution in [1.29, 1.82) is 0 Å². The van der Waals surface area contributed by atoms with Gasteiger partial charge in [0.2, 0.25) is 0 Å². The summed E-state index contributed by atoms with van der Waals surface area (Å²) in [4.78, 5) is 0. The van der Waals surface area contributed by atoms with E-state index in [1.807, 2.05) is 0 Å². The van der Waals surface area contributed by atoms with Crippen LogP contribution in [0.3, 0.4) is 0 Å². The molecule has 20 heavy (non-hydrogen) atoms. The number of benzene rings is 1. The zero-order valence-electron chi connectivity index (χ0n) is 13.1. The van der Waals surface area contributed by atoms with Gasteiger partial charge in [-0.25, -0.2) is 0 Å². The average molecular weight is 295 g/mol. The van der Waals surface area contributed by atoms with Crippen LogP contribution in [0.15, 0.2) is 24.3 Å². The Morgan fingerprint density at radius 1 is 0.900 bits per heavy atom. The number of hydrogen-bond donors (Lipinski definition) is 1. The van der Waals surface area contributed by atoms with E-state index in [4.69, 9.17) is 4.74 Å². The van der Waals surface area contributed by atoms with Gasteiger partial charge in [0, 0.05) is 0 Å². The summed E-state index contributed by atoms with van der Waals surface area (Å²) in [6, 6.07) is 8.41. The van der Waals surface area contributed by atoms with E-state index in [1.165, 1.54) is 50.5 Å². The summed E-state index contributed by atoms with van der Waals surface area (Å²) in [7, 11) is 0. The standard InChI is InChI=1S/C18H30OS/c1-16(2)17-12-8-9-13-18(17)19-14-10-6-4-3-5-7-11-15-20/h8-9,12-13,16,20H,3-7,10-11,14-15H2,1-2H3. The lowest BCUT2D eigenvalue weighted by Crippen LogP contribution is -2.01. The Bertz CT molecular complexity index is 349. The van der Waals surface area contributed by atoms with Gasteiger partial charge in [0.25, 0.3) is 0 Å². The highest BCUT2D eigenvalue weighted by Crippen LogP contribution is 2.26. The largest absolute Gasteiger partial charge is 0.493 e. The molecule has 0 spiro atoms. The van der Waals surface area contributed by atoms with E-state index in [9.17, 15) is 0 Å². The third kappa shape index (κ3) is 7.23. The predicted octanol–water partition coefficient (Wildman–Crippen LogP) is 5.85. The van der Waals surface area contributed by atoms with Crippen molar-refractivity contribution in [3.05, 3.63) is 29.8 Å². The third-order valence-electron chi connectivity index (χ3n) is 3.60. The molecule has 0 heterocycles. The van der Waals surface area contributed by atoms with E-state index >= 15 is 0 Å². The topological polar surface area (TPSA) is 9.23 Å². The molecule has 0 aromatic heterocycles. The predicted molar refractivity (Wildman–Crippen MR) is 92.2 cm³/mol. The quantitative estimate of drug-likeness (QED) is 0.398. The van der Waals surface area contributed by atoms with E-state index in [2.05, 4.69) is 50.7 Å². The van der Waals surface area contributed by atoms with Crippen molar-refractivity contribution in [3.63, 3.8) is 0 Å². The van der Waals surface area contributed by atoms with Crippen LogP contribution in [0.2, 0.25) is 0 Å². The van der Waals surface area contributed by atoms with Crippen molar-refractivity contribution in [3.8, 4) is 5.75 Å². The first-order valence-corrected chi connectivity index (χ1v) is 8.71. The number of thiol groups is 1. The maximum atomic E-state index is 5.93. The zero-order chi connectivity index (χ0) is 14.6. The van der Waals surface area contributed by atoms with Crippen LogP contribution in [0.5, 0.6) is 5.75 Å². The highest BCUT2D eigenvalue weighted by atomic mass is 32.1. The second kappa shape index (κ2) is 11.1. The molecule has 1 rings (SSSR count). The van der Waals surface area contributed by atoms with Crippen LogP contribution in [-0.4, -0.2) is 12.4 Å². The van der Waals surface area contributed by atoms with E-state index in [0.29, 0.717) is 5.92 Å². The second-order valence-electron chi connectivity index (χ2n) is 5.74. The third-order valence-corrected chi connectivity index (χ3v) is 3.92. The number of ether oxygens (including phenoxy) is 1. The van der Waals surface area contributed by atoms with E-state index in [0.717, 1.165) is 18.1 Å². The Hall–Kier alpha value is -0.630. The zero-order valence-corrected chi connectivity index (χ0v) is 14.0. The summed E-state index contributed by atoms with van der Waals surface area (Å²) < 4.78 is 5.93. The maximum Gasteiger partial charge on any atom is 0.122 e. The number of unbranched alkanes of at least 4 members (excludes halogenated alkanes) is 6. The van der Waals surface area contributed by atoms with Crippen LogP contribution in [0.1, 0.15) is 70.3 Å². The van der Waals surface area contributed by atoms with Crippen LogP contribution in [0.4, 0.5) is 0 Å². The number of hydrogen-bond acceptors (Lipinski definition) is 2. The molecule has 1 aromatic carbocycles. The Labute approximate surface area is 130 Å². The molecule has 2 heteroatoms. The van der Waals surface area contributed by atoms with Crippen molar-refractivity contribution in [2.24, 2.45) is 0 Å². The monoisotopic (exact) mass is 294 g/mol. The van der Waals surface area contributed by atoms with Crippen LogP contribution < -0.4 is 4.74 Å². The molecule has 1 aromatic rings. The van der Waals surface area contributed by atoms with Crippen molar-refractivity contribution in [2.45, 2.75) is 64.7 Å². The van der Waals surface area contributed by atoms with E-state index in [-0.39, 0.29) is 0 Å². The van der Waals surface area contributed by atoms with E-state index in [1.54, 1.807) is 0 Å². The molecule has 0 saturated heterocycles. The molecule has 0 atom stereocenters. The molecule has 1 nitrogen and oxygen atoms in total. The van der Waals surface area contributed by atoms with Crippen LogP contribution in [0, 0.1) is 0 Å². The Kier molecular flexibility index (Phi) is 9.65. The lowest BCUT2D eigenvalue weighted by Gasteiger charge is -2.13. The van der Waals surface area contributed by atoms with Crippen molar-refractivity contribution in [2.75, 3.05) is 12.4 Å². The molecule has 0 saturated carbocycles. The van der Waals surface area contributed by atoms with Crippen LogP contribution >= 0.6 is 12.6 Å². The highest BCUT2D eigenvalue weighted by molar-refractivity contribution is 7.80. The molecule has 0 bridgehead atoms. The Morgan fingerprint density at radius 2 is 1.50 bits per heavy atom. The van der Waals surface area contributed by atoms with Crippen molar-refractivity contribution < 1.29 is 4.74 Å².